The van der Waals surface area contributed by atoms with Crippen LogP contribution in [0.4, 0.5) is 13.2 Å². The van der Waals surface area contributed by atoms with Crippen LogP contribution < -0.4 is 5.32 Å². The predicted molar refractivity (Wildman–Crippen MR) is 97.5 cm³/mol. The molecule has 1 atom stereocenters. The maximum atomic E-state index is 12.7. The van der Waals surface area contributed by atoms with E-state index in [-0.39, 0.29) is 6.04 Å². The molecule has 134 valence electrons. The lowest BCUT2D eigenvalue weighted by molar-refractivity contribution is -0.137. The molecule has 0 heterocycles. The highest BCUT2D eigenvalue weighted by molar-refractivity contribution is 5.54. The molecule has 0 bridgehead atoms. The van der Waals surface area contributed by atoms with Crippen molar-refractivity contribution in [1.82, 2.24) is 5.32 Å². The van der Waals surface area contributed by atoms with Gasteiger partial charge >= 0.3 is 6.18 Å². The minimum Gasteiger partial charge on any atom is -0.310 e. The normalized spacial score (nSPS) is 12.8. The highest BCUT2D eigenvalue weighted by Crippen LogP contribution is 2.29. The maximum Gasteiger partial charge on any atom is 0.416 e. The zero-order valence-corrected chi connectivity index (χ0v) is 14.7. The molecule has 1 unspecified atom stereocenters. The van der Waals surface area contributed by atoms with E-state index in [0.29, 0.717) is 12.0 Å². The summed E-state index contributed by atoms with van der Waals surface area (Å²) in [4.78, 5) is 0. The van der Waals surface area contributed by atoms with Gasteiger partial charge in [0, 0.05) is 6.04 Å². The number of rotatable bonds is 7. The molecule has 1 nitrogen and oxygen atoms in total. The second-order valence-corrected chi connectivity index (χ2v) is 6.24. The summed E-state index contributed by atoms with van der Waals surface area (Å²) in [5.74, 6) is 0. The van der Waals surface area contributed by atoms with Crippen LogP contribution in [0.25, 0.3) is 6.08 Å². The molecule has 4 heteroatoms. The third-order valence-electron chi connectivity index (χ3n) is 4.45. The minimum atomic E-state index is -4.28. The van der Waals surface area contributed by atoms with Crippen molar-refractivity contribution in [3.05, 3.63) is 76.9 Å². The Morgan fingerprint density at radius 2 is 1.88 bits per heavy atom. The molecule has 0 aliphatic heterocycles. The van der Waals surface area contributed by atoms with Crippen LogP contribution in [-0.4, -0.2) is 6.54 Å². The monoisotopic (exact) mass is 347 g/mol. The van der Waals surface area contributed by atoms with Gasteiger partial charge in [-0.05, 0) is 61.6 Å². The Kier molecular flexibility index (Phi) is 6.43. The van der Waals surface area contributed by atoms with Gasteiger partial charge in [-0.3, -0.25) is 0 Å². The fourth-order valence-electron chi connectivity index (χ4n) is 2.99. The van der Waals surface area contributed by atoms with Gasteiger partial charge in [-0.15, -0.1) is 0 Å². The molecule has 0 aliphatic carbocycles. The Balaban J connectivity index is 1.88. The average Bonchev–Trinajstić information content (AvgIpc) is 2.58. The van der Waals surface area contributed by atoms with Crippen LogP contribution in [-0.2, 0) is 12.6 Å². The van der Waals surface area contributed by atoms with Gasteiger partial charge in [0.15, 0.2) is 0 Å². The Labute approximate surface area is 147 Å². The fourth-order valence-corrected chi connectivity index (χ4v) is 2.99. The van der Waals surface area contributed by atoms with Gasteiger partial charge < -0.3 is 5.32 Å². The van der Waals surface area contributed by atoms with Gasteiger partial charge in [0.2, 0.25) is 0 Å². The Hall–Kier alpha value is -2.07. The maximum absolute atomic E-state index is 12.7. The number of halogens is 3. The molecular weight excluding hydrogens is 323 g/mol. The van der Waals surface area contributed by atoms with Crippen LogP contribution in [0.3, 0.4) is 0 Å². The Morgan fingerprint density at radius 3 is 2.56 bits per heavy atom. The molecule has 2 aromatic carbocycles. The highest BCUT2D eigenvalue weighted by atomic mass is 19.4. The van der Waals surface area contributed by atoms with Gasteiger partial charge in [-0.25, -0.2) is 0 Å². The van der Waals surface area contributed by atoms with Crippen molar-refractivity contribution in [2.75, 3.05) is 6.54 Å². The largest absolute Gasteiger partial charge is 0.416 e. The van der Waals surface area contributed by atoms with E-state index >= 15 is 0 Å². The van der Waals surface area contributed by atoms with Crippen LogP contribution in [0.1, 0.15) is 47.2 Å². The first-order valence-electron chi connectivity index (χ1n) is 8.44. The Bertz CT molecular complexity index is 719. The summed E-state index contributed by atoms with van der Waals surface area (Å²) in [6.45, 7) is 8.74. The van der Waals surface area contributed by atoms with Crippen molar-refractivity contribution in [1.29, 1.82) is 0 Å². The van der Waals surface area contributed by atoms with Gasteiger partial charge in [0.1, 0.15) is 0 Å². The highest BCUT2D eigenvalue weighted by Gasteiger charge is 2.30. The summed E-state index contributed by atoms with van der Waals surface area (Å²) in [7, 11) is 0. The first kappa shape index (κ1) is 19.3. The molecule has 0 radical (unpaired) electrons. The summed E-state index contributed by atoms with van der Waals surface area (Å²) in [6, 6.07) is 11.9. The lowest BCUT2D eigenvalue weighted by Gasteiger charge is -2.18. The molecule has 2 rings (SSSR count). The first-order chi connectivity index (χ1) is 11.8. The summed E-state index contributed by atoms with van der Waals surface area (Å²) in [5.41, 5.74) is 3.68. The van der Waals surface area contributed by atoms with Gasteiger partial charge in [-0.2, -0.15) is 13.2 Å². The molecule has 0 aliphatic rings. The third kappa shape index (κ3) is 5.20. The quantitative estimate of drug-likeness (QED) is 0.611. The van der Waals surface area contributed by atoms with E-state index in [2.05, 4.69) is 31.8 Å². The summed E-state index contributed by atoms with van der Waals surface area (Å²) < 4.78 is 38.2. The van der Waals surface area contributed by atoms with E-state index in [1.165, 1.54) is 23.3 Å². The number of alkyl halides is 3. The molecular formula is C21H24F3N. The molecule has 25 heavy (non-hydrogen) atoms. The second-order valence-electron chi connectivity index (χ2n) is 6.24. The zero-order chi connectivity index (χ0) is 18.4. The van der Waals surface area contributed by atoms with E-state index in [4.69, 9.17) is 0 Å². The molecule has 0 fully saturated rings. The summed E-state index contributed by atoms with van der Waals surface area (Å²) in [5, 5.41) is 3.45. The lowest BCUT2D eigenvalue weighted by atomic mass is 9.97. The van der Waals surface area contributed by atoms with Gasteiger partial charge in [-0.1, -0.05) is 49.1 Å². The molecule has 2 aromatic rings. The van der Waals surface area contributed by atoms with Crippen molar-refractivity contribution < 1.29 is 13.2 Å². The van der Waals surface area contributed by atoms with Crippen molar-refractivity contribution in [3.8, 4) is 0 Å². The Morgan fingerprint density at radius 1 is 1.16 bits per heavy atom. The van der Waals surface area contributed by atoms with Crippen LogP contribution in [0.15, 0.2) is 49.0 Å². The van der Waals surface area contributed by atoms with Crippen LogP contribution >= 0.6 is 0 Å². The van der Waals surface area contributed by atoms with E-state index < -0.39 is 11.7 Å². The van der Waals surface area contributed by atoms with Crippen LogP contribution in [0.5, 0.6) is 0 Å². The van der Waals surface area contributed by atoms with E-state index in [1.54, 1.807) is 6.07 Å². The summed E-state index contributed by atoms with van der Waals surface area (Å²) in [6.07, 6.45) is -1.03. The van der Waals surface area contributed by atoms with Gasteiger partial charge in [0.25, 0.3) is 0 Å². The van der Waals surface area contributed by atoms with Crippen molar-refractivity contribution in [3.63, 3.8) is 0 Å². The standard InChI is InChI=1S/C21H24F3N/c1-4-18-10-6-12-20(15(18)2)16(3)25-13-7-9-17-8-5-11-19(14-17)21(22,23)24/h4-6,8,10-12,14,16,25H,1,7,9,13H2,2-3H3. The minimum absolute atomic E-state index is 0.182. The summed E-state index contributed by atoms with van der Waals surface area (Å²) >= 11 is 0. The predicted octanol–water partition coefficient (Wildman–Crippen LogP) is 5.94. The lowest BCUT2D eigenvalue weighted by Crippen LogP contribution is -2.21. The van der Waals surface area contributed by atoms with E-state index in [9.17, 15) is 13.2 Å². The van der Waals surface area contributed by atoms with Crippen molar-refractivity contribution in [2.45, 2.75) is 38.9 Å². The van der Waals surface area contributed by atoms with E-state index in [1.807, 2.05) is 18.2 Å². The molecule has 1 N–H and O–H groups in total. The second kappa shape index (κ2) is 8.34. The van der Waals surface area contributed by atoms with Crippen LogP contribution in [0.2, 0.25) is 0 Å². The SMILES string of the molecule is C=Cc1cccc(C(C)NCCCc2cccc(C(F)(F)F)c2)c1C. The van der Waals surface area contributed by atoms with Crippen molar-refractivity contribution >= 4 is 6.08 Å². The third-order valence-corrected chi connectivity index (χ3v) is 4.45. The number of hydrogen-bond acceptors (Lipinski definition) is 1. The number of benzene rings is 2. The van der Waals surface area contributed by atoms with Crippen LogP contribution in [0, 0.1) is 6.92 Å². The first-order valence-corrected chi connectivity index (χ1v) is 8.44. The molecule has 0 saturated heterocycles. The molecule has 0 saturated carbocycles. The topological polar surface area (TPSA) is 12.0 Å². The molecule has 0 spiro atoms. The number of hydrogen-bond donors (Lipinski definition) is 1. The molecule has 0 amide bonds. The number of nitrogens with one attached hydrogen (secondary N) is 1. The average molecular weight is 347 g/mol. The van der Waals surface area contributed by atoms with Gasteiger partial charge in [0.05, 0.1) is 5.56 Å². The smallest absolute Gasteiger partial charge is 0.310 e. The van der Waals surface area contributed by atoms with Crippen molar-refractivity contribution in [2.24, 2.45) is 0 Å². The van der Waals surface area contributed by atoms with E-state index in [0.717, 1.165) is 24.6 Å². The number of aryl methyl sites for hydroxylation is 1. The fraction of sp³-hybridized carbons (Fsp3) is 0.333. The zero-order valence-electron chi connectivity index (χ0n) is 14.7. The molecule has 0 aromatic heterocycles.